The molecule has 1 N–H and O–H groups in total. The van der Waals surface area contributed by atoms with E-state index >= 15 is 0 Å². The number of rotatable bonds is 5. The van der Waals surface area contributed by atoms with Gasteiger partial charge in [-0.05, 0) is 36.1 Å². The minimum absolute atomic E-state index is 0.0597. The lowest BCUT2D eigenvalue weighted by Gasteiger charge is -2.05. The van der Waals surface area contributed by atoms with Gasteiger partial charge in [-0.1, -0.05) is 48.2 Å². The molecule has 1 aromatic heterocycles. The molecule has 0 atom stereocenters. The van der Waals surface area contributed by atoms with Gasteiger partial charge in [-0.25, -0.2) is 0 Å². The molecule has 0 spiro atoms. The Balaban J connectivity index is 1.43. The van der Waals surface area contributed by atoms with Crippen LogP contribution < -0.4 is 10.1 Å². The molecule has 126 valence electrons. The lowest BCUT2D eigenvalue weighted by molar-refractivity contribution is -0.121. The summed E-state index contributed by atoms with van der Waals surface area (Å²) in [6, 6.07) is 17.8. The number of ether oxygens (including phenoxy) is 1. The van der Waals surface area contributed by atoms with E-state index in [1.54, 1.807) is 0 Å². The maximum absolute atomic E-state index is 12.0. The molecule has 4 heteroatoms. The first-order chi connectivity index (χ1) is 12.2. The highest BCUT2D eigenvalue weighted by molar-refractivity contribution is 5.83. The van der Waals surface area contributed by atoms with E-state index in [0.29, 0.717) is 13.2 Å². The first kappa shape index (κ1) is 16.7. The Morgan fingerprint density at radius 2 is 1.88 bits per heavy atom. The van der Waals surface area contributed by atoms with Gasteiger partial charge in [0.05, 0.1) is 6.54 Å². The van der Waals surface area contributed by atoms with Gasteiger partial charge in [0.1, 0.15) is 18.9 Å². The Bertz CT molecular complexity index is 931. The fourth-order valence-corrected chi connectivity index (χ4v) is 2.58. The number of hydrogen-bond donors (Lipinski definition) is 1. The van der Waals surface area contributed by atoms with E-state index in [1.165, 1.54) is 0 Å². The van der Waals surface area contributed by atoms with Crippen LogP contribution >= 0.6 is 0 Å². The van der Waals surface area contributed by atoms with E-state index in [4.69, 9.17) is 4.74 Å². The molecule has 1 heterocycles. The second-order valence-corrected chi connectivity index (χ2v) is 5.69. The SMILES string of the molecule is Cc1ccccc1OCC#CCNC(=O)Cn1ccc2ccccc21. The van der Waals surface area contributed by atoms with Crippen molar-refractivity contribution in [3.8, 4) is 17.6 Å². The predicted molar refractivity (Wildman–Crippen MR) is 99.4 cm³/mol. The highest BCUT2D eigenvalue weighted by Gasteiger charge is 2.04. The van der Waals surface area contributed by atoms with Crippen molar-refractivity contribution in [3.63, 3.8) is 0 Å². The number of carbonyl (C=O) groups excluding carboxylic acids is 1. The van der Waals surface area contributed by atoms with Crippen molar-refractivity contribution in [2.45, 2.75) is 13.5 Å². The third kappa shape index (κ3) is 4.42. The molecule has 0 bridgehead atoms. The molecule has 4 nitrogen and oxygen atoms in total. The molecule has 3 aromatic rings. The second kappa shape index (κ2) is 8.07. The van der Waals surface area contributed by atoms with Crippen molar-refractivity contribution in [1.29, 1.82) is 0 Å². The van der Waals surface area contributed by atoms with Crippen molar-refractivity contribution in [1.82, 2.24) is 9.88 Å². The van der Waals surface area contributed by atoms with Crippen LogP contribution in [-0.2, 0) is 11.3 Å². The zero-order valence-electron chi connectivity index (χ0n) is 14.2. The average Bonchev–Trinajstić information content (AvgIpc) is 3.02. The first-order valence-corrected chi connectivity index (χ1v) is 8.19. The van der Waals surface area contributed by atoms with E-state index in [2.05, 4.69) is 17.2 Å². The highest BCUT2D eigenvalue weighted by atomic mass is 16.5. The van der Waals surface area contributed by atoms with Crippen LogP contribution in [0.15, 0.2) is 60.8 Å². The summed E-state index contributed by atoms with van der Waals surface area (Å²) in [5.74, 6) is 6.59. The minimum atomic E-state index is -0.0597. The van der Waals surface area contributed by atoms with Gasteiger partial charge in [0.2, 0.25) is 5.91 Å². The molecule has 0 aliphatic carbocycles. The number of fused-ring (bicyclic) bond motifs is 1. The Hall–Kier alpha value is -3.19. The van der Waals surface area contributed by atoms with Gasteiger partial charge in [0, 0.05) is 11.7 Å². The fourth-order valence-electron chi connectivity index (χ4n) is 2.58. The molecule has 0 unspecified atom stereocenters. The van der Waals surface area contributed by atoms with Gasteiger partial charge in [-0.15, -0.1) is 0 Å². The molecule has 2 aromatic carbocycles. The molecule has 1 amide bonds. The number of carbonyl (C=O) groups is 1. The molecular formula is C21H20N2O2. The normalized spacial score (nSPS) is 10.1. The summed E-state index contributed by atoms with van der Waals surface area (Å²) in [6.45, 7) is 2.90. The van der Waals surface area contributed by atoms with Crippen molar-refractivity contribution in [2.24, 2.45) is 0 Å². The molecule has 0 radical (unpaired) electrons. The second-order valence-electron chi connectivity index (χ2n) is 5.69. The summed E-state index contributed by atoms with van der Waals surface area (Å²) < 4.78 is 7.52. The maximum Gasteiger partial charge on any atom is 0.240 e. The minimum Gasteiger partial charge on any atom is -0.481 e. The van der Waals surface area contributed by atoms with Gasteiger partial charge in [0.25, 0.3) is 0 Å². The maximum atomic E-state index is 12.0. The highest BCUT2D eigenvalue weighted by Crippen LogP contribution is 2.15. The van der Waals surface area contributed by atoms with Gasteiger partial charge >= 0.3 is 0 Å². The number of aryl methyl sites for hydroxylation is 1. The largest absolute Gasteiger partial charge is 0.481 e. The van der Waals surface area contributed by atoms with Gasteiger partial charge in [0.15, 0.2) is 0 Å². The van der Waals surface area contributed by atoms with Gasteiger partial charge < -0.3 is 14.6 Å². The number of amides is 1. The Morgan fingerprint density at radius 3 is 2.76 bits per heavy atom. The van der Waals surface area contributed by atoms with Crippen molar-refractivity contribution < 1.29 is 9.53 Å². The smallest absolute Gasteiger partial charge is 0.240 e. The molecule has 0 aliphatic rings. The zero-order chi connectivity index (χ0) is 17.5. The zero-order valence-corrected chi connectivity index (χ0v) is 14.2. The van der Waals surface area contributed by atoms with Crippen LogP contribution in [-0.4, -0.2) is 23.6 Å². The van der Waals surface area contributed by atoms with Crippen molar-refractivity contribution >= 4 is 16.8 Å². The van der Waals surface area contributed by atoms with Gasteiger partial charge in [-0.3, -0.25) is 4.79 Å². The molecular weight excluding hydrogens is 312 g/mol. The number of nitrogens with zero attached hydrogens (tertiary/aromatic N) is 1. The number of hydrogen-bond acceptors (Lipinski definition) is 2. The van der Waals surface area contributed by atoms with E-state index in [1.807, 2.05) is 72.3 Å². The third-order valence-electron chi connectivity index (χ3n) is 3.89. The molecule has 0 saturated heterocycles. The molecule has 25 heavy (non-hydrogen) atoms. The number of nitrogens with one attached hydrogen (secondary N) is 1. The quantitative estimate of drug-likeness (QED) is 0.730. The summed E-state index contributed by atoms with van der Waals surface area (Å²) in [7, 11) is 0. The van der Waals surface area contributed by atoms with Gasteiger partial charge in [-0.2, -0.15) is 0 Å². The summed E-state index contributed by atoms with van der Waals surface area (Å²) in [4.78, 5) is 12.0. The van der Waals surface area contributed by atoms with Crippen molar-refractivity contribution in [2.75, 3.05) is 13.2 Å². The monoisotopic (exact) mass is 332 g/mol. The van der Waals surface area contributed by atoms with Crippen LogP contribution in [0.5, 0.6) is 5.75 Å². The Morgan fingerprint density at radius 1 is 1.08 bits per heavy atom. The van der Waals surface area contributed by atoms with Crippen LogP contribution in [0.1, 0.15) is 5.56 Å². The number of para-hydroxylation sites is 2. The Kier molecular flexibility index (Phi) is 5.38. The summed E-state index contributed by atoms with van der Waals surface area (Å²) >= 11 is 0. The van der Waals surface area contributed by atoms with Crippen LogP contribution in [0.4, 0.5) is 0 Å². The predicted octanol–water partition coefficient (Wildman–Crippen LogP) is 3.15. The van der Waals surface area contributed by atoms with E-state index in [9.17, 15) is 4.79 Å². The van der Waals surface area contributed by atoms with E-state index in [0.717, 1.165) is 22.2 Å². The van der Waals surface area contributed by atoms with Crippen LogP contribution in [0, 0.1) is 18.8 Å². The number of aromatic nitrogens is 1. The Labute approximate surface area is 147 Å². The van der Waals surface area contributed by atoms with Crippen LogP contribution in [0.3, 0.4) is 0 Å². The summed E-state index contributed by atoms with van der Waals surface area (Å²) in [5.41, 5.74) is 2.13. The van der Waals surface area contributed by atoms with E-state index < -0.39 is 0 Å². The lowest BCUT2D eigenvalue weighted by Crippen LogP contribution is -2.27. The third-order valence-corrected chi connectivity index (χ3v) is 3.89. The summed E-state index contributed by atoms with van der Waals surface area (Å²) in [5, 5.41) is 3.93. The standard InChI is InChI=1S/C21H20N2O2/c1-17-8-2-5-11-20(17)25-15-7-6-13-22-21(24)16-23-14-12-18-9-3-4-10-19(18)23/h2-5,8-12,14H,13,15-16H2,1H3,(H,22,24). The van der Waals surface area contributed by atoms with Crippen LogP contribution in [0.2, 0.25) is 0 Å². The average molecular weight is 332 g/mol. The fraction of sp³-hybridized carbons (Fsp3) is 0.190. The lowest BCUT2D eigenvalue weighted by atomic mass is 10.2. The molecule has 0 fully saturated rings. The van der Waals surface area contributed by atoms with E-state index in [-0.39, 0.29) is 12.5 Å². The topological polar surface area (TPSA) is 43.3 Å². The molecule has 3 rings (SSSR count). The van der Waals surface area contributed by atoms with Crippen molar-refractivity contribution in [3.05, 3.63) is 66.4 Å². The molecule has 0 saturated carbocycles. The molecule has 0 aliphatic heterocycles. The first-order valence-electron chi connectivity index (χ1n) is 8.19. The van der Waals surface area contributed by atoms with Crippen LogP contribution in [0.25, 0.3) is 10.9 Å². The number of benzene rings is 2. The summed E-state index contributed by atoms with van der Waals surface area (Å²) in [6.07, 6.45) is 1.92.